The summed E-state index contributed by atoms with van der Waals surface area (Å²) in [6.07, 6.45) is 8.62. The Kier molecular flexibility index (Phi) is 30.2. The van der Waals surface area contributed by atoms with Gasteiger partial charge in [0.2, 0.25) is 35.4 Å². The number of carbonyl (C=O) groups excluding carboxylic acids is 8. The molecule has 24 heteroatoms. The molecule has 1 aliphatic carbocycles. The molecule has 24 nitrogen and oxygen atoms in total. The van der Waals surface area contributed by atoms with Crippen molar-refractivity contribution >= 4 is 64.9 Å². The van der Waals surface area contributed by atoms with Crippen LogP contribution >= 0.6 is 0 Å². The van der Waals surface area contributed by atoms with Crippen molar-refractivity contribution in [3.63, 3.8) is 0 Å². The molecule has 0 spiro atoms. The van der Waals surface area contributed by atoms with Crippen LogP contribution in [0.5, 0.6) is 0 Å². The standard InChI is InChI=1S/C65H101N11O13/c1-14-41(6)56(52(87-12)37-53(77)76-34-19-23-51(76)57(88-13)42(7)58(78)72-50(63(83)84)36-45-20-16-15-17-21-45)75(11)62(82)43(8)69-61(81)55(40(4)5)73(9)35-32-44-26-30-48(31-27-44)74(10)65(86)89-38-46-24-28-47(29-25-46)70-59(79)49(22-18-33-68-64(67)85)71-60(80)54(66)39(2)3/h16,20-21,24-31,39-43,49-52,54-57H,14-15,17-19,22-23,32-38,66H2,1-13H3,(H,69,81)(H,70,79)(H,71,80)(H,72,78)(H,83,84)(H3,67,68,85). The average Bonchev–Trinajstić information content (AvgIpc) is 2.31. The normalized spacial score (nSPS) is 17.4. The summed E-state index contributed by atoms with van der Waals surface area (Å²) in [5.41, 5.74) is 14.7. The van der Waals surface area contributed by atoms with Gasteiger partial charge >= 0.3 is 18.1 Å². The van der Waals surface area contributed by atoms with E-state index >= 15 is 0 Å². The summed E-state index contributed by atoms with van der Waals surface area (Å²) in [7, 11) is 8.13. The van der Waals surface area contributed by atoms with Gasteiger partial charge in [-0.25, -0.2) is 14.4 Å². The van der Waals surface area contributed by atoms with Gasteiger partial charge < -0.3 is 67.2 Å². The van der Waals surface area contributed by atoms with Crippen LogP contribution in [0.1, 0.15) is 124 Å². The fourth-order valence-electron chi connectivity index (χ4n) is 11.5. The van der Waals surface area contributed by atoms with Crippen molar-refractivity contribution in [3.05, 3.63) is 83.5 Å². The van der Waals surface area contributed by atoms with E-state index in [1.165, 1.54) is 19.1 Å². The van der Waals surface area contributed by atoms with E-state index in [2.05, 4.69) is 26.6 Å². The SMILES string of the molecule is CCC(C)C(C(CC(=O)N1CCCC1C(OC)C(C)C(=O)NC(CC1=CCCC=C1)C(=O)O)OC)N(C)C(=O)C(C)NC(=O)C(C(C)C)N(C)CCc1ccc(N(C)C(=O)OCc2ccc(NC(=O)C(CCCNC(N)=O)NC(=O)C(N)C(C)C)cc2)cc1. The fourth-order valence-corrected chi connectivity index (χ4v) is 11.5. The molecule has 494 valence electrons. The quantitative estimate of drug-likeness (QED) is 0.0397. The third kappa shape index (κ3) is 22.2. The first kappa shape index (κ1) is 74.1. The third-order valence-corrected chi connectivity index (χ3v) is 17.0. The first-order valence-corrected chi connectivity index (χ1v) is 31.1. The molecule has 2 aliphatic rings. The molecule has 10 N–H and O–H groups in total. The number of ether oxygens (including phenoxy) is 3. The minimum absolute atomic E-state index is 0.0509. The molecular formula is C65H101N11O13. The third-order valence-electron chi connectivity index (χ3n) is 17.0. The van der Waals surface area contributed by atoms with Gasteiger partial charge in [-0.2, -0.15) is 0 Å². The minimum Gasteiger partial charge on any atom is -0.480 e. The van der Waals surface area contributed by atoms with Crippen LogP contribution in [-0.4, -0.2) is 183 Å². The maximum Gasteiger partial charge on any atom is 0.414 e. The van der Waals surface area contributed by atoms with E-state index in [1.807, 2.05) is 82.1 Å². The molecule has 11 atom stereocenters. The Bertz CT molecular complexity index is 2740. The number of nitrogens with two attached hydrogens (primary N) is 2. The van der Waals surface area contributed by atoms with Crippen molar-refractivity contribution in [2.24, 2.45) is 35.1 Å². The van der Waals surface area contributed by atoms with Crippen LogP contribution < -0.4 is 43.0 Å². The summed E-state index contributed by atoms with van der Waals surface area (Å²) in [5, 5.41) is 23.7. The first-order valence-electron chi connectivity index (χ1n) is 31.1. The number of allylic oxidation sites excluding steroid dienone is 3. The molecule has 0 aromatic heterocycles. The number of rotatable bonds is 35. The lowest BCUT2D eigenvalue weighted by Crippen LogP contribution is -2.58. The van der Waals surface area contributed by atoms with E-state index in [0.29, 0.717) is 62.1 Å². The summed E-state index contributed by atoms with van der Waals surface area (Å²) >= 11 is 0. The second-order valence-electron chi connectivity index (χ2n) is 24.3. The monoisotopic (exact) mass is 1240 g/mol. The number of carbonyl (C=O) groups is 9. The van der Waals surface area contributed by atoms with Crippen molar-refractivity contribution in [2.75, 3.05) is 65.2 Å². The molecule has 1 aliphatic heterocycles. The van der Waals surface area contributed by atoms with Gasteiger partial charge in [-0.3, -0.25) is 38.6 Å². The predicted molar refractivity (Wildman–Crippen MR) is 341 cm³/mol. The van der Waals surface area contributed by atoms with Gasteiger partial charge in [0.15, 0.2) is 0 Å². The van der Waals surface area contributed by atoms with Gasteiger partial charge in [-0.1, -0.05) is 97.4 Å². The molecular weight excluding hydrogens is 1140 g/mol. The molecule has 0 radical (unpaired) electrons. The van der Waals surface area contributed by atoms with E-state index in [1.54, 1.807) is 75.9 Å². The number of hydrogen-bond acceptors (Lipinski definition) is 14. The molecule has 0 bridgehead atoms. The average molecular weight is 1240 g/mol. The van der Waals surface area contributed by atoms with Crippen molar-refractivity contribution in [1.82, 2.24) is 36.0 Å². The zero-order valence-corrected chi connectivity index (χ0v) is 54.5. The minimum atomic E-state index is -1.14. The molecule has 89 heavy (non-hydrogen) atoms. The summed E-state index contributed by atoms with van der Waals surface area (Å²) < 4.78 is 17.6. The molecule has 9 amide bonds. The lowest BCUT2D eigenvalue weighted by molar-refractivity contribution is -0.147. The van der Waals surface area contributed by atoms with Gasteiger partial charge in [0.1, 0.15) is 24.7 Å². The highest BCUT2D eigenvalue weighted by atomic mass is 16.6. The molecule has 11 unspecified atom stereocenters. The number of likely N-dealkylation sites (N-methyl/N-ethyl adjacent to an activating group) is 2. The number of methoxy groups -OCH3 is 2. The maximum atomic E-state index is 14.4. The highest BCUT2D eigenvalue weighted by molar-refractivity contribution is 5.98. The lowest BCUT2D eigenvalue weighted by atomic mass is 9.90. The van der Waals surface area contributed by atoms with Crippen molar-refractivity contribution in [3.8, 4) is 0 Å². The molecule has 4 rings (SSSR count). The number of amides is 9. The zero-order chi connectivity index (χ0) is 66.2. The number of nitrogens with one attached hydrogen (secondary N) is 5. The summed E-state index contributed by atoms with van der Waals surface area (Å²) in [6.45, 7) is 15.9. The maximum absolute atomic E-state index is 14.4. The van der Waals surface area contributed by atoms with E-state index in [-0.39, 0.29) is 67.9 Å². The number of hydrogen-bond donors (Lipinski definition) is 8. The lowest BCUT2D eigenvalue weighted by Gasteiger charge is -2.40. The van der Waals surface area contributed by atoms with Gasteiger partial charge in [0.05, 0.1) is 48.7 Å². The first-order chi connectivity index (χ1) is 42.1. The zero-order valence-electron chi connectivity index (χ0n) is 54.5. The Morgan fingerprint density at radius 2 is 1.44 bits per heavy atom. The second kappa shape index (κ2) is 36.3. The molecule has 1 fully saturated rings. The Morgan fingerprint density at radius 1 is 0.787 bits per heavy atom. The fraction of sp³-hybridized carbons (Fsp3) is 0.615. The summed E-state index contributed by atoms with van der Waals surface area (Å²) in [5.74, 6) is -4.66. The largest absolute Gasteiger partial charge is 0.480 e. The number of carboxylic acids is 1. The van der Waals surface area contributed by atoms with Gasteiger partial charge in [0, 0.05) is 65.7 Å². The number of likely N-dealkylation sites (tertiary alicyclic amines) is 1. The van der Waals surface area contributed by atoms with Crippen LogP contribution in [0.3, 0.4) is 0 Å². The topological polar surface area (TPSA) is 327 Å². The number of nitrogens with zero attached hydrogens (tertiary/aromatic N) is 4. The molecule has 2 aromatic rings. The van der Waals surface area contributed by atoms with E-state index in [0.717, 1.165) is 24.0 Å². The number of carboxylic acid groups (broad SMARTS) is 1. The van der Waals surface area contributed by atoms with Gasteiger partial charge in [0.25, 0.3) is 0 Å². The van der Waals surface area contributed by atoms with Crippen molar-refractivity contribution in [2.45, 2.75) is 181 Å². The number of primary amides is 1. The second-order valence-corrected chi connectivity index (χ2v) is 24.3. The van der Waals surface area contributed by atoms with E-state index in [4.69, 9.17) is 25.7 Å². The number of anilines is 2. The van der Waals surface area contributed by atoms with Crippen LogP contribution in [0.15, 0.2) is 72.3 Å². The smallest absolute Gasteiger partial charge is 0.414 e. The van der Waals surface area contributed by atoms with Crippen molar-refractivity contribution in [1.29, 1.82) is 0 Å². The predicted octanol–water partition coefficient (Wildman–Crippen LogP) is 5.47. The Hall–Kier alpha value is -7.41. The van der Waals surface area contributed by atoms with E-state index < -0.39 is 96.2 Å². The van der Waals surface area contributed by atoms with Crippen molar-refractivity contribution < 1.29 is 62.5 Å². The highest BCUT2D eigenvalue weighted by Gasteiger charge is 2.43. The Labute approximate surface area is 525 Å². The number of urea groups is 1. The van der Waals surface area contributed by atoms with Crippen LogP contribution in [0, 0.1) is 23.7 Å². The number of benzene rings is 2. The Morgan fingerprint density at radius 3 is 2.01 bits per heavy atom. The summed E-state index contributed by atoms with van der Waals surface area (Å²) in [4.78, 5) is 126. The van der Waals surface area contributed by atoms with Crippen LogP contribution in [0.25, 0.3) is 0 Å². The number of aliphatic carboxylic acids is 1. The Balaban J connectivity index is 1.31. The van der Waals surface area contributed by atoms with E-state index in [9.17, 15) is 48.3 Å². The molecule has 0 saturated carbocycles. The van der Waals surface area contributed by atoms with Crippen LogP contribution in [-0.2, 0) is 60.8 Å². The highest BCUT2D eigenvalue weighted by Crippen LogP contribution is 2.30. The van der Waals surface area contributed by atoms with Gasteiger partial charge in [-0.15, -0.1) is 0 Å². The van der Waals surface area contributed by atoms with Gasteiger partial charge in [-0.05, 0) is 118 Å². The molecule has 1 saturated heterocycles. The van der Waals surface area contributed by atoms with Crippen LogP contribution in [0.4, 0.5) is 21.0 Å². The molecule has 2 aromatic carbocycles. The van der Waals surface area contributed by atoms with Crippen LogP contribution in [0.2, 0.25) is 0 Å². The summed E-state index contributed by atoms with van der Waals surface area (Å²) in [6, 6.07) is 7.99. The molecule has 1 heterocycles.